The minimum atomic E-state index is -4.01. The van der Waals surface area contributed by atoms with Gasteiger partial charge in [0.25, 0.3) is 0 Å². The Morgan fingerprint density at radius 1 is 0.920 bits per heavy atom. The first kappa shape index (κ1) is 17.5. The number of hydrogen-bond donors (Lipinski definition) is 0. The summed E-state index contributed by atoms with van der Waals surface area (Å²) < 4.78 is 65.2. The van der Waals surface area contributed by atoms with Crippen LogP contribution in [0.4, 0.5) is 13.2 Å². The van der Waals surface area contributed by atoms with E-state index in [0.717, 1.165) is 18.4 Å². The second-order valence-electron chi connectivity index (χ2n) is 6.00. The highest BCUT2D eigenvalue weighted by atomic mass is 32.2. The molecule has 0 spiro atoms. The lowest BCUT2D eigenvalue weighted by molar-refractivity contribution is 0.520. The van der Waals surface area contributed by atoms with Gasteiger partial charge in [-0.2, -0.15) is 0 Å². The lowest BCUT2D eigenvalue weighted by Crippen LogP contribution is -2.05. The molecule has 0 N–H and O–H groups in total. The average molecular weight is 364 g/mol. The van der Waals surface area contributed by atoms with Gasteiger partial charge in [-0.05, 0) is 59.4 Å². The van der Waals surface area contributed by atoms with E-state index in [0.29, 0.717) is 28.7 Å². The number of sulfone groups is 1. The Hall–Kier alpha value is -2.34. The third-order valence-corrected chi connectivity index (χ3v) is 5.26. The SMILES string of the molecule is Cc1ccc(C2=C(c3cc(F)c(S(C)(=O)=O)c(F)c3)CC=C2)cc1F. The smallest absolute Gasteiger partial charge is 0.181 e. The second kappa shape index (κ2) is 6.19. The summed E-state index contributed by atoms with van der Waals surface area (Å²) in [4.78, 5) is -0.939. The van der Waals surface area contributed by atoms with E-state index in [1.54, 1.807) is 25.1 Å². The molecule has 0 heterocycles. The van der Waals surface area contributed by atoms with Crippen molar-refractivity contribution in [1.29, 1.82) is 0 Å². The molecule has 0 fully saturated rings. The van der Waals surface area contributed by atoms with E-state index in [2.05, 4.69) is 0 Å². The van der Waals surface area contributed by atoms with Gasteiger partial charge in [0, 0.05) is 6.26 Å². The lowest BCUT2D eigenvalue weighted by atomic mass is 9.96. The molecule has 6 heteroatoms. The molecule has 0 amide bonds. The molecule has 0 aliphatic heterocycles. The number of benzene rings is 2. The van der Waals surface area contributed by atoms with Crippen LogP contribution in [-0.4, -0.2) is 14.7 Å². The zero-order chi connectivity index (χ0) is 18.4. The van der Waals surface area contributed by atoms with Crippen molar-refractivity contribution >= 4 is 21.0 Å². The Morgan fingerprint density at radius 3 is 2.08 bits per heavy atom. The summed E-state index contributed by atoms with van der Waals surface area (Å²) in [5.41, 5.74) is 2.61. The van der Waals surface area contributed by atoms with Crippen LogP contribution in [0.25, 0.3) is 11.1 Å². The number of rotatable bonds is 3. The van der Waals surface area contributed by atoms with Crippen LogP contribution in [0.1, 0.15) is 23.1 Å². The fourth-order valence-electron chi connectivity index (χ4n) is 2.90. The van der Waals surface area contributed by atoms with Gasteiger partial charge >= 0.3 is 0 Å². The molecular weight excluding hydrogens is 349 g/mol. The van der Waals surface area contributed by atoms with Gasteiger partial charge in [-0.1, -0.05) is 24.3 Å². The summed E-state index contributed by atoms with van der Waals surface area (Å²) in [7, 11) is -4.01. The Morgan fingerprint density at radius 2 is 1.52 bits per heavy atom. The molecule has 1 aliphatic rings. The molecule has 3 rings (SSSR count). The van der Waals surface area contributed by atoms with Crippen LogP contribution < -0.4 is 0 Å². The monoisotopic (exact) mass is 364 g/mol. The molecule has 1 aliphatic carbocycles. The summed E-state index contributed by atoms with van der Waals surface area (Å²) in [6, 6.07) is 6.76. The van der Waals surface area contributed by atoms with E-state index in [9.17, 15) is 21.6 Å². The molecular formula is C19H15F3O2S. The van der Waals surface area contributed by atoms with Gasteiger partial charge in [-0.25, -0.2) is 21.6 Å². The third-order valence-electron chi connectivity index (χ3n) is 4.13. The molecule has 0 unspecified atom stereocenters. The summed E-state index contributed by atoms with van der Waals surface area (Å²) in [5, 5.41) is 0. The van der Waals surface area contributed by atoms with Crippen molar-refractivity contribution in [3.63, 3.8) is 0 Å². The summed E-state index contributed by atoms with van der Waals surface area (Å²) in [6.07, 6.45) is 4.75. The van der Waals surface area contributed by atoms with E-state index in [1.807, 2.05) is 6.08 Å². The van der Waals surface area contributed by atoms with E-state index in [1.165, 1.54) is 6.07 Å². The van der Waals surface area contributed by atoms with Crippen molar-refractivity contribution < 1.29 is 21.6 Å². The normalized spacial score (nSPS) is 14.4. The molecule has 0 saturated heterocycles. The quantitative estimate of drug-likeness (QED) is 0.792. The Kier molecular flexibility index (Phi) is 4.33. The summed E-state index contributed by atoms with van der Waals surface area (Å²) in [6.45, 7) is 1.65. The molecule has 0 aromatic heterocycles. The van der Waals surface area contributed by atoms with Crippen molar-refractivity contribution in [2.75, 3.05) is 6.26 Å². The molecule has 2 aromatic carbocycles. The van der Waals surface area contributed by atoms with Crippen molar-refractivity contribution in [3.05, 3.63) is 76.6 Å². The van der Waals surface area contributed by atoms with Crippen molar-refractivity contribution in [2.24, 2.45) is 0 Å². The van der Waals surface area contributed by atoms with Crippen LogP contribution >= 0.6 is 0 Å². The van der Waals surface area contributed by atoms with Gasteiger partial charge in [-0.3, -0.25) is 0 Å². The van der Waals surface area contributed by atoms with Gasteiger partial charge in [0.2, 0.25) is 0 Å². The third kappa shape index (κ3) is 3.26. The van der Waals surface area contributed by atoms with Crippen LogP contribution in [0, 0.1) is 24.4 Å². The fourth-order valence-corrected chi connectivity index (χ4v) is 3.72. The molecule has 0 atom stereocenters. The Balaban J connectivity index is 2.16. The predicted molar refractivity (Wildman–Crippen MR) is 91.2 cm³/mol. The number of aryl methyl sites for hydroxylation is 1. The molecule has 2 nitrogen and oxygen atoms in total. The molecule has 25 heavy (non-hydrogen) atoms. The average Bonchev–Trinajstić information content (AvgIpc) is 2.97. The van der Waals surface area contributed by atoms with Gasteiger partial charge in [0.1, 0.15) is 22.3 Å². The van der Waals surface area contributed by atoms with E-state index >= 15 is 0 Å². The van der Waals surface area contributed by atoms with Crippen LogP contribution in [-0.2, 0) is 9.84 Å². The van der Waals surface area contributed by atoms with Gasteiger partial charge in [0.15, 0.2) is 9.84 Å². The standard InChI is InChI=1S/C19H15F3O2S/c1-11-6-7-12(8-16(11)20)14-4-3-5-15(14)13-9-17(21)19(18(22)10-13)25(2,23)24/h3-4,6-10H,5H2,1-2H3. The van der Waals surface area contributed by atoms with Gasteiger partial charge < -0.3 is 0 Å². The minimum Gasteiger partial charge on any atom is -0.224 e. The molecule has 0 radical (unpaired) electrons. The van der Waals surface area contributed by atoms with Crippen LogP contribution in [0.15, 0.2) is 47.4 Å². The predicted octanol–water partition coefficient (Wildman–Crippen LogP) is 4.69. The first-order valence-corrected chi connectivity index (χ1v) is 9.43. The molecule has 130 valence electrons. The fraction of sp³-hybridized carbons (Fsp3) is 0.158. The maximum Gasteiger partial charge on any atom is 0.181 e. The zero-order valence-electron chi connectivity index (χ0n) is 13.6. The number of halogens is 3. The van der Waals surface area contributed by atoms with E-state index < -0.39 is 26.4 Å². The summed E-state index contributed by atoms with van der Waals surface area (Å²) in [5.74, 6) is -2.63. The minimum absolute atomic E-state index is 0.239. The highest BCUT2D eigenvalue weighted by Gasteiger charge is 2.23. The number of allylic oxidation sites excluding steroid dienone is 4. The van der Waals surface area contributed by atoms with Crippen LogP contribution in [0.2, 0.25) is 0 Å². The Labute approximate surface area is 144 Å². The topological polar surface area (TPSA) is 34.1 Å². The lowest BCUT2D eigenvalue weighted by Gasteiger charge is -2.11. The zero-order valence-corrected chi connectivity index (χ0v) is 14.4. The highest BCUT2D eigenvalue weighted by molar-refractivity contribution is 7.90. The maximum absolute atomic E-state index is 14.2. The molecule has 0 bridgehead atoms. The van der Waals surface area contributed by atoms with Crippen molar-refractivity contribution in [3.8, 4) is 0 Å². The van der Waals surface area contributed by atoms with Crippen LogP contribution in [0.3, 0.4) is 0 Å². The largest absolute Gasteiger partial charge is 0.224 e. The van der Waals surface area contributed by atoms with Gasteiger partial charge in [-0.15, -0.1) is 0 Å². The van der Waals surface area contributed by atoms with E-state index in [4.69, 9.17) is 0 Å². The molecule has 2 aromatic rings. The number of hydrogen-bond acceptors (Lipinski definition) is 2. The maximum atomic E-state index is 14.2. The first-order chi connectivity index (χ1) is 11.7. The van der Waals surface area contributed by atoms with Crippen molar-refractivity contribution in [1.82, 2.24) is 0 Å². The summed E-state index contributed by atoms with van der Waals surface area (Å²) >= 11 is 0. The first-order valence-electron chi connectivity index (χ1n) is 7.54. The van der Waals surface area contributed by atoms with Gasteiger partial charge in [0.05, 0.1) is 0 Å². The van der Waals surface area contributed by atoms with E-state index in [-0.39, 0.29) is 11.4 Å². The van der Waals surface area contributed by atoms with Crippen molar-refractivity contribution in [2.45, 2.75) is 18.2 Å². The second-order valence-corrected chi connectivity index (χ2v) is 7.96. The Bertz CT molecular complexity index is 1010. The highest BCUT2D eigenvalue weighted by Crippen LogP contribution is 2.37. The van der Waals surface area contributed by atoms with Crippen LogP contribution in [0.5, 0.6) is 0 Å². The molecule has 0 saturated carbocycles.